The molecule has 1 nitrogen and oxygen atoms in total. The molecular weight excluding hydrogens is 725 g/mol. The predicted octanol–water partition coefficient (Wildman–Crippen LogP) is 15.1. The Morgan fingerprint density at radius 3 is 1.45 bits per heavy atom. The SMILES string of the molecule is Cc1cccc2c1C1(c3cc(C(C)(C)C)ccc3-c3ccc(C(C)(C)C)cc31)c1cccc(-c3ccc4c(c3)C3(c5ccccc5Oc5ccccc53)c3ccccc3-4)c1-2. The van der Waals surface area contributed by atoms with Crippen LogP contribution < -0.4 is 4.74 Å². The molecule has 0 fully saturated rings. The van der Waals surface area contributed by atoms with Gasteiger partial charge in [-0.25, -0.2) is 0 Å². The van der Waals surface area contributed by atoms with Gasteiger partial charge in [-0.2, -0.15) is 0 Å². The third-order valence-corrected chi connectivity index (χ3v) is 14.4. The highest BCUT2D eigenvalue weighted by atomic mass is 16.5. The Morgan fingerprint density at radius 1 is 0.367 bits per heavy atom. The fraction of sp³-hybridized carbons (Fsp3) is 0.186. The van der Waals surface area contributed by atoms with E-state index in [0.717, 1.165) is 11.5 Å². The lowest BCUT2D eigenvalue weighted by Gasteiger charge is -2.39. The smallest absolute Gasteiger partial charge is 0.132 e. The molecule has 0 atom stereocenters. The molecule has 0 aromatic heterocycles. The van der Waals surface area contributed by atoms with Crippen molar-refractivity contribution in [2.75, 3.05) is 0 Å². The average Bonchev–Trinajstić information content (AvgIpc) is 3.83. The van der Waals surface area contributed by atoms with Crippen LogP contribution in [0.2, 0.25) is 0 Å². The molecule has 290 valence electrons. The zero-order valence-corrected chi connectivity index (χ0v) is 35.5. The third kappa shape index (κ3) is 4.38. The number of para-hydroxylation sites is 2. The van der Waals surface area contributed by atoms with Crippen LogP contribution in [0.5, 0.6) is 11.5 Å². The van der Waals surface area contributed by atoms with E-state index in [1.54, 1.807) is 0 Å². The molecule has 4 aliphatic rings. The van der Waals surface area contributed by atoms with Crippen LogP contribution >= 0.6 is 0 Å². The second-order valence-corrected chi connectivity index (χ2v) is 19.6. The van der Waals surface area contributed by atoms with E-state index in [-0.39, 0.29) is 10.8 Å². The zero-order valence-electron chi connectivity index (χ0n) is 35.5. The lowest BCUT2D eigenvalue weighted by atomic mass is 9.66. The third-order valence-electron chi connectivity index (χ3n) is 14.4. The first-order chi connectivity index (χ1) is 28.9. The highest BCUT2D eigenvalue weighted by Crippen LogP contribution is 2.67. The second kappa shape index (κ2) is 11.9. The summed E-state index contributed by atoms with van der Waals surface area (Å²) in [4.78, 5) is 0. The topological polar surface area (TPSA) is 9.23 Å². The molecule has 1 aliphatic heterocycles. The molecule has 0 amide bonds. The Morgan fingerprint density at radius 2 is 0.833 bits per heavy atom. The summed E-state index contributed by atoms with van der Waals surface area (Å²) in [5.74, 6) is 1.83. The summed E-state index contributed by atoms with van der Waals surface area (Å²) >= 11 is 0. The van der Waals surface area contributed by atoms with E-state index >= 15 is 0 Å². The van der Waals surface area contributed by atoms with Crippen LogP contribution in [-0.2, 0) is 21.7 Å². The van der Waals surface area contributed by atoms with Crippen molar-refractivity contribution in [1.82, 2.24) is 0 Å². The molecule has 0 saturated heterocycles. The van der Waals surface area contributed by atoms with E-state index in [2.05, 4.69) is 212 Å². The number of ether oxygens (including phenoxy) is 1. The van der Waals surface area contributed by atoms with E-state index < -0.39 is 10.8 Å². The number of benzene rings is 8. The minimum Gasteiger partial charge on any atom is -0.457 e. The van der Waals surface area contributed by atoms with Crippen LogP contribution in [-0.4, -0.2) is 0 Å². The molecule has 8 aromatic carbocycles. The van der Waals surface area contributed by atoms with E-state index in [4.69, 9.17) is 4.74 Å². The van der Waals surface area contributed by atoms with Crippen molar-refractivity contribution in [1.29, 1.82) is 0 Å². The van der Waals surface area contributed by atoms with Crippen LogP contribution in [0.15, 0.2) is 164 Å². The Labute approximate surface area is 354 Å². The summed E-state index contributed by atoms with van der Waals surface area (Å²) in [7, 11) is 0. The molecule has 2 spiro atoms. The van der Waals surface area contributed by atoms with Crippen LogP contribution in [0.4, 0.5) is 0 Å². The molecule has 0 radical (unpaired) electrons. The molecule has 8 aromatic rings. The normalized spacial score (nSPS) is 15.3. The Hall–Kier alpha value is -6.44. The Kier molecular flexibility index (Phi) is 7.01. The molecule has 60 heavy (non-hydrogen) atoms. The maximum Gasteiger partial charge on any atom is 0.132 e. The lowest BCUT2D eigenvalue weighted by Crippen LogP contribution is -2.32. The minimum absolute atomic E-state index is 0.00123. The standard InChI is InChI=1S/C59H48O/c1-35-16-14-19-44-54-39(18-15-23-48(54)59(55(35)44)50-33-37(56(2,3)4)27-30-42(50)43-31-28-38(34-51(43)59)57(5,6)7)36-26-29-41-40-17-8-9-20-45(40)58(49(41)32-36)46-21-10-12-24-52(46)60-53-25-13-11-22-47(53)58/h8-34H,1-7H3. The highest BCUT2D eigenvalue weighted by molar-refractivity contribution is 6.01. The van der Waals surface area contributed by atoms with Gasteiger partial charge in [-0.15, -0.1) is 0 Å². The summed E-state index contributed by atoms with van der Waals surface area (Å²) in [6, 6.07) is 62.5. The summed E-state index contributed by atoms with van der Waals surface area (Å²) in [5, 5.41) is 0. The summed E-state index contributed by atoms with van der Waals surface area (Å²) < 4.78 is 6.69. The molecule has 0 saturated carbocycles. The van der Waals surface area contributed by atoms with Gasteiger partial charge in [-0.3, -0.25) is 0 Å². The highest BCUT2D eigenvalue weighted by Gasteiger charge is 2.54. The van der Waals surface area contributed by atoms with Gasteiger partial charge in [0.05, 0.1) is 10.8 Å². The number of aryl methyl sites for hydroxylation is 1. The van der Waals surface area contributed by atoms with Gasteiger partial charge in [-0.1, -0.05) is 187 Å². The molecule has 0 bridgehead atoms. The fourth-order valence-electron chi connectivity index (χ4n) is 11.7. The van der Waals surface area contributed by atoms with E-state index in [9.17, 15) is 0 Å². The van der Waals surface area contributed by atoms with Gasteiger partial charge in [0.25, 0.3) is 0 Å². The number of hydrogen-bond acceptors (Lipinski definition) is 1. The summed E-state index contributed by atoms with van der Waals surface area (Å²) in [6.07, 6.45) is 0. The largest absolute Gasteiger partial charge is 0.457 e. The summed E-state index contributed by atoms with van der Waals surface area (Å²) in [6.45, 7) is 16.4. The van der Waals surface area contributed by atoms with Crippen molar-refractivity contribution in [3.63, 3.8) is 0 Å². The Balaban J connectivity index is 1.18. The van der Waals surface area contributed by atoms with Crippen molar-refractivity contribution in [3.05, 3.63) is 225 Å². The molecule has 1 heterocycles. The van der Waals surface area contributed by atoms with Crippen LogP contribution in [0.25, 0.3) is 44.5 Å². The van der Waals surface area contributed by atoms with Crippen molar-refractivity contribution in [2.45, 2.75) is 70.1 Å². The van der Waals surface area contributed by atoms with Crippen molar-refractivity contribution < 1.29 is 4.74 Å². The lowest BCUT2D eigenvalue weighted by molar-refractivity contribution is 0.436. The van der Waals surface area contributed by atoms with E-state index in [0.29, 0.717) is 0 Å². The fourth-order valence-corrected chi connectivity index (χ4v) is 11.7. The van der Waals surface area contributed by atoms with Gasteiger partial charge < -0.3 is 4.74 Å². The maximum absolute atomic E-state index is 6.69. The predicted molar refractivity (Wildman–Crippen MR) is 248 cm³/mol. The quantitative estimate of drug-likeness (QED) is 0.161. The molecule has 3 aliphatic carbocycles. The zero-order chi connectivity index (χ0) is 40.9. The van der Waals surface area contributed by atoms with Crippen LogP contribution in [0.3, 0.4) is 0 Å². The van der Waals surface area contributed by atoms with Crippen molar-refractivity contribution >= 4 is 0 Å². The van der Waals surface area contributed by atoms with Gasteiger partial charge in [0, 0.05) is 11.1 Å². The van der Waals surface area contributed by atoms with Crippen molar-refractivity contribution in [3.8, 4) is 56.0 Å². The van der Waals surface area contributed by atoms with E-state index in [1.807, 2.05) is 0 Å². The van der Waals surface area contributed by atoms with Gasteiger partial charge >= 0.3 is 0 Å². The molecule has 0 unspecified atom stereocenters. The first kappa shape index (κ1) is 35.5. The average molecular weight is 773 g/mol. The van der Waals surface area contributed by atoms with Gasteiger partial charge in [0.2, 0.25) is 0 Å². The van der Waals surface area contributed by atoms with Gasteiger partial charge in [0.1, 0.15) is 11.5 Å². The second-order valence-electron chi connectivity index (χ2n) is 19.6. The molecule has 12 rings (SSSR count). The van der Waals surface area contributed by atoms with Crippen LogP contribution in [0, 0.1) is 6.92 Å². The van der Waals surface area contributed by atoms with Gasteiger partial charge in [0.15, 0.2) is 0 Å². The van der Waals surface area contributed by atoms with Crippen molar-refractivity contribution in [2.24, 2.45) is 0 Å². The first-order valence-corrected chi connectivity index (χ1v) is 21.6. The Bertz CT molecular complexity index is 3050. The first-order valence-electron chi connectivity index (χ1n) is 21.6. The number of rotatable bonds is 1. The maximum atomic E-state index is 6.69. The number of fused-ring (bicyclic) bond motifs is 19. The van der Waals surface area contributed by atoms with Crippen LogP contribution in [0.1, 0.15) is 103 Å². The van der Waals surface area contributed by atoms with E-state index in [1.165, 1.54) is 106 Å². The molecule has 0 N–H and O–H groups in total. The minimum atomic E-state index is -0.531. The monoisotopic (exact) mass is 772 g/mol. The number of hydrogen-bond donors (Lipinski definition) is 0. The van der Waals surface area contributed by atoms with Gasteiger partial charge in [-0.05, 0) is 131 Å². The molecule has 1 heteroatoms. The molecular formula is C59H48O. The summed E-state index contributed by atoms with van der Waals surface area (Å²) in [5.41, 5.74) is 24.1.